The SMILES string of the molecule is CC=C(C)NNS(=O)(=O)c1ccccc1. The van der Waals surface area contributed by atoms with Crippen LogP contribution in [0.25, 0.3) is 0 Å². The first-order valence-electron chi connectivity index (χ1n) is 4.52. The molecule has 0 aliphatic carbocycles. The van der Waals surface area contributed by atoms with Gasteiger partial charge in [-0.15, -0.1) is 4.83 Å². The second-order valence-corrected chi connectivity index (χ2v) is 4.70. The summed E-state index contributed by atoms with van der Waals surface area (Å²) in [5, 5.41) is 0. The zero-order valence-electron chi connectivity index (χ0n) is 8.69. The van der Waals surface area contributed by atoms with E-state index in [1.54, 1.807) is 31.2 Å². The second kappa shape index (κ2) is 4.95. The molecule has 0 unspecified atom stereocenters. The summed E-state index contributed by atoms with van der Waals surface area (Å²) in [5.74, 6) is 0. The Balaban J connectivity index is 2.78. The summed E-state index contributed by atoms with van der Waals surface area (Å²) >= 11 is 0. The Hall–Kier alpha value is -1.33. The molecule has 0 aliphatic heterocycles. The molecule has 0 fully saturated rings. The van der Waals surface area contributed by atoms with Gasteiger partial charge in [0.2, 0.25) is 0 Å². The summed E-state index contributed by atoms with van der Waals surface area (Å²) in [6, 6.07) is 8.20. The molecule has 5 heteroatoms. The molecule has 0 aromatic heterocycles. The highest BCUT2D eigenvalue weighted by atomic mass is 32.2. The van der Waals surface area contributed by atoms with Gasteiger partial charge in [0.15, 0.2) is 0 Å². The predicted octanol–water partition coefficient (Wildman–Crippen LogP) is 1.39. The van der Waals surface area contributed by atoms with Crippen molar-refractivity contribution < 1.29 is 8.42 Å². The van der Waals surface area contributed by atoms with Crippen molar-refractivity contribution in [2.75, 3.05) is 0 Å². The number of benzene rings is 1. The second-order valence-electron chi connectivity index (χ2n) is 3.02. The van der Waals surface area contributed by atoms with Crippen molar-refractivity contribution in [2.45, 2.75) is 18.7 Å². The first kappa shape index (κ1) is 11.7. The molecule has 4 nitrogen and oxygen atoms in total. The van der Waals surface area contributed by atoms with Gasteiger partial charge in [-0.2, -0.15) is 0 Å². The monoisotopic (exact) mass is 226 g/mol. The van der Waals surface area contributed by atoms with Crippen molar-refractivity contribution in [1.82, 2.24) is 10.3 Å². The van der Waals surface area contributed by atoms with Crippen LogP contribution in [0.4, 0.5) is 0 Å². The molecule has 0 atom stereocenters. The maximum Gasteiger partial charge on any atom is 0.257 e. The number of sulfonamides is 1. The van der Waals surface area contributed by atoms with Crippen LogP contribution in [-0.4, -0.2) is 8.42 Å². The fourth-order valence-corrected chi connectivity index (χ4v) is 1.81. The minimum atomic E-state index is -3.47. The van der Waals surface area contributed by atoms with Crippen LogP contribution in [0.15, 0.2) is 47.0 Å². The Morgan fingerprint density at radius 3 is 2.40 bits per heavy atom. The standard InChI is InChI=1S/C10H14N2O2S/c1-3-9(2)11-12-15(13,14)10-7-5-4-6-8-10/h3-8,11-12H,1-2H3. The van der Waals surface area contributed by atoms with Gasteiger partial charge in [0.05, 0.1) is 4.90 Å². The molecule has 0 heterocycles. The molecule has 1 aromatic rings. The van der Waals surface area contributed by atoms with Crippen LogP contribution in [0.5, 0.6) is 0 Å². The molecule has 1 rings (SSSR count). The third-order valence-electron chi connectivity index (χ3n) is 1.87. The quantitative estimate of drug-likeness (QED) is 0.763. The van der Waals surface area contributed by atoms with Gasteiger partial charge >= 0.3 is 0 Å². The van der Waals surface area contributed by atoms with E-state index in [-0.39, 0.29) is 4.90 Å². The average Bonchev–Trinajstić information content (AvgIpc) is 2.27. The van der Waals surface area contributed by atoms with Crippen molar-refractivity contribution in [3.63, 3.8) is 0 Å². The van der Waals surface area contributed by atoms with Gasteiger partial charge < -0.3 is 5.43 Å². The lowest BCUT2D eigenvalue weighted by atomic mass is 10.4. The third-order valence-corrected chi connectivity index (χ3v) is 3.13. The Bertz CT molecular complexity index is 438. The maximum atomic E-state index is 11.7. The van der Waals surface area contributed by atoms with Crippen molar-refractivity contribution in [3.8, 4) is 0 Å². The van der Waals surface area contributed by atoms with E-state index in [2.05, 4.69) is 10.3 Å². The molecule has 82 valence electrons. The zero-order chi connectivity index (χ0) is 11.3. The molecule has 0 aliphatic rings. The van der Waals surface area contributed by atoms with Gasteiger partial charge in [0.25, 0.3) is 10.0 Å². The minimum absolute atomic E-state index is 0.237. The van der Waals surface area contributed by atoms with Gasteiger partial charge in [-0.25, -0.2) is 8.42 Å². The fourth-order valence-electron chi connectivity index (χ4n) is 0.878. The maximum absolute atomic E-state index is 11.7. The molecular weight excluding hydrogens is 212 g/mol. The molecule has 0 radical (unpaired) electrons. The van der Waals surface area contributed by atoms with Crippen molar-refractivity contribution >= 4 is 10.0 Å². The molecule has 1 aromatic carbocycles. The molecule has 2 N–H and O–H groups in total. The van der Waals surface area contributed by atoms with Crippen LogP contribution in [0, 0.1) is 0 Å². The van der Waals surface area contributed by atoms with Gasteiger partial charge in [-0.1, -0.05) is 24.3 Å². The smallest absolute Gasteiger partial charge is 0.257 e. The lowest BCUT2D eigenvalue weighted by Gasteiger charge is -2.08. The van der Waals surface area contributed by atoms with E-state index in [0.717, 1.165) is 5.70 Å². The Kier molecular flexibility index (Phi) is 3.88. The summed E-state index contributed by atoms with van der Waals surface area (Å²) in [6.07, 6.45) is 1.77. The molecular formula is C10H14N2O2S. The molecule has 15 heavy (non-hydrogen) atoms. The summed E-state index contributed by atoms with van der Waals surface area (Å²) in [6.45, 7) is 3.59. The first-order chi connectivity index (χ1) is 7.06. The van der Waals surface area contributed by atoms with Crippen LogP contribution < -0.4 is 10.3 Å². The molecule has 0 saturated heterocycles. The lowest BCUT2D eigenvalue weighted by molar-refractivity contribution is 0.570. The van der Waals surface area contributed by atoms with Crippen molar-refractivity contribution in [3.05, 3.63) is 42.1 Å². The number of nitrogens with one attached hydrogen (secondary N) is 2. The Labute approximate surface area is 90.0 Å². The van der Waals surface area contributed by atoms with E-state index in [1.807, 2.05) is 6.92 Å². The summed E-state index contributed by atoms with van der Waals surface area (Å²) < 4.78 is 23.3. The van der Waals surface area contributed by atoms with Crippen LogP contribution in [0.1, 0.15) is 13.8 Å². The Morgan fingerprint density at radius 2 is 1.87 bits per heavy atom. The fraction of sp³-hybridized carbons (Fsp3) is 0.200. The largest absolute Gasteiger partial charge is 0.313 e. The molecule has 0 saturated carbocycles. The number of hydrogen-bond acceptors (Lipinski definition) is 3. The lowest BCUT2D eigenvalue weighted by Crippen LogP contribution is -2.35. The highest BCUT2D eigenvalue weighted by Crippen LogP contribution is 2.05. The van der Waals surface area contributed by atoms with E-state index in [4.69, 9.17) is 0 Å². The van der Waals surface area contributed by atoms with E-state index >= 15 is 0 Å². The minimum Gasteiger partial charge on any atom is -0.313 e. The number of allylic oxidation sites excluding steroid dienone is 2. The van der Waals surface area contributed by atoms with E-state index in [1.165, 1.54) is 12.1 Å². The summed E-state index contributed by atoms with van der Waals surface area (Å²) in [4.78, 5) is 2.52. The summed E-state index contributed by atoms with van der Waals surface area (Å²) in [5.41, 5.74) is 3.34. The number of hydrogen-bond donors (Lipinski definition) is 2. The highest BCUT2D eigenvalue weighted by Gasteiger charge is 2.11. The van der Waals surface area contributed by atoms with E-state index in [9.17, 15) is 8.42 Å². The van der Waals surface area contributed by atoms with E-state index < -0.39 is 10.0 Å². The third kappa shape index (κ3) is 3.38. The zero-order valence-corrected chi connectivity index (χ0v) is 9.51. The van der Waals surface area contributed by atoms with Crippen molar-refractivity contribution in [2.24, 2.45) is 0 Å². The number of hydrazine groups is 1. The molecule has 0 amide bonds. The van der Waals surface area contributed by atoms with Gasteiger partial charge in [0, 0.05) is 5.70 Å². The topological polar surface area (TPSA) is 58.2 Å². The van der Waals surface area contributed by atoms with Crippen LogP contribution >= 0.6 is 0 Å². The molecule has 0 spiro atoms. The van der Waals surface area contributed by atoms with Crippen LogP contribution in [-0.2, 0) is 10.0 Å². The van der Waals surface area contributed by atoms with Gasteiger partial charge in [-0.05, 0) is 26.0 Å². The highest BCUT2D eigenvalue weighted by molar-refractivity contribution is 7.89. The van der Waals surface area contributed by atoms with Gasteiger partial charge in [0.1, 0.15) is 0 Å². The van der Waals surface area contributed by atoms with Crippen molar-refractivity contribution in [1.29, 1.82) is 0 Å². The van der Waals surface area contributed by atoms with Gasteiger partial charge in [-0.3, -0.25) is 0 Å². The van der Waals surface area contributed by atoms with Crippen LogP contribution in [0.2, 0.25) is 0 Å². The van der Waals surface area contributed by atoms with Crippen LogP contribution in [0.3, 0.4) is 0 Å². The average molecular weight is 226 g/mol. The molecule has 0 bridgehead atoms. The summed E-state index contributed by atoms with van der Waals surface area (Å²) in [7, 11) is -3.47. The predicted molar refractivity (Wildman–Crippen MR) is 59.3 cm³/mol. The normalized spacial score (nSPS) is 12.5. The number of rotatable bonds is 4. The Morgan fingerprint density at radius 1 is 1.27 bits per heavy atom. The first-order valence-corrected chi connectivity index (χ1v) is 6.00. The van der Waals surface area contributed by atoms with E-state index in [0.29, 0.717) is 0 Å².